The minimum absolute atomic E-state index is 0.110. The van der Waals surface area contributed by atoms with E-state index in [1.165, 1.54) is 11.8 Å². The van der Waals surface area contributed by atoms with Crippen LogP contribution < -0.4 is 0 Å². The number of nitrogens with zero attached hydrogens (tertiary/aromatic N) is 1. The number of thiol groups is 1. The maximum absolute atomic E-state index is 10.9. The lowest BCUT2D eigenvalue weighted by Crippen LogP contribution is -2.39. The third-order valence-corrected chi connectivity index (χ3v) is 1.60. The first-order valence-corrected chi connectivity index (χ1v) is 4.17. The molecule has 12 heavy (non-hydrogen) atoms. The highest BCUT2D eigenvalue weighted by molar-refractivity contribution is 7.80. The number of amides is 1. The topological polar surface area (TPSA) is 46.6 Å². The van der Waals surface area contributed by atoms with Crippen molar-refractivity contribution in [3.8, 4) is 0 Å². The summed E-state index contributed by atoms with van der Waals surface area (Å²) in [5.41, 5.74) is 0. The first-order valence-electron chi connectivity index (χ1n) is 3.54. The zero-order chi connectivity index (χ0) is 9.56. The second-order valence-electron chi connectivity index (χ2n) is 2.33. The molecule has 1 atom stereocenters. The summed E-state index contributed by atoms with van der Waals surface area (Å²) in [5.74, 6) is 0.0476. The lowest BCUT2D eigenvalue weighted by atomic mass is 10.3. The molecule has 1 amide bonds. The molecule has 0 aromatic heterocycles. The Morgan fingerprint density at radius 1 is 1.75 bits per heavy atom. The second-order valence-corrected chi connectivity index (χ2v) is 2.59. The summed E-state index contributed by atoms with van der Waals surface area (Å²) >= 11 is 3.81. The number of hydrogen-bond donors (Lipinski definition) is 1. The van der Waals surface area contributed by atoms with Gasteiger partial charge in [-0.25, -0.2) is 0 Å². The van der Waals surface area contributed by atoms with Crippen molar-refractivity contribution >= 4 is 24.8 Å². The van der Waals surface area contributed by atoms with Crippen LogP contribution in [0.25, 0.3) is 0 Å². The van der Waals surface area contributed by atoms with Gasteiger partial charge in [0.2, 0.25) is 5.91 Å². The molecule has 0 radical (unpaired) electrons. The van der Waals surface area contributed by atoms with Crippen molar-refractivity contribution in [2.75, 3.05) is 12.7 Å². The van der Waals surface area contributed by atoms with Gasteiger partial charge in [-0.3, -0.25) is 4.79 Å². The van der Waals surface area contributed by atoms with Crippen LogP contribution in [0.1, 0.15) is 13.8 Å². The average molecular weight is 191 g/mol. The molecule has 0 aliphatic carbocycles. The molecular weight excluding hydrogens is 178 g/mol. The molecule has 0 aliphatic rings. The van der Waals surface area contributed by atoms with Gasteiger partial charge in [0.25, 0.3) is 0 Å². The van der Waals surface area contributed by atoms with E-state index in [1.807, 2.05) is 0 Å². The molecule has 0 fully saturated rings. The lowest BCUT2D eigenvalue weighted by Gasteiger charge is -2.23. The highest BCUT2D eigenvalue weighted by Crippen LogP contribution is 1.97. The Balaban J connectivity index is 4.03. The van der Waals surface area contributed by atoms with E-state index >= 15 is 0 Å². The van der Waals surface area contributed by atoms with Gasteiger partial charge < -0.3 is 14.4 Å². The van der Waals surface area contributed by atoms with Crippen LogP contribution in [0, 0.1) is 0 Å². The maximum Gasteiger partial charge on any atom is 0.221 e. The Morgan fingerprint density at radius 3 is 2.67 bits per heavy atom. The van der Waals surface area contributed by atoms with Crippen molar-refractivity contribution in [1.29, 1.82) is 0 Å². The molecule has 70 valence electrons. The number of hydrogen-bond acceptors (Lipinski definition) is 4. The largest absolute Gasteiger partial charge is 0.351 e. The summed E-state index contributed by atoms with van der Waals surface area (Å²) in [6.07, 6.45) is 0.698. The Hall–Kier alpha value is -0.550. The molecule has 0 spiro atoms. The van der Waals surface area contributed by atoms with Gasteiger partial charge in [-0.1, -0.05) is 0 Å². The van der Waals surface area contributed by atoms with Crippen molar-refractivity contribution < 1.29 is 14.3 Å². The van der Waals surface area contributed by atoms with E-state index in [2.05, 4.69) is 12.6 Å². The predicted molar refractivity (Wildman–Crippen MR) is 47.9 cm³/mol. The molecule has 4 nitrogen and oxygen atoms in total. The number of rotatable bonds is 5. The van der Waals surface area contributed by atoms with E-state index in [4.69, 9.17) is 4.74 Å². The van der Waals surface area contributed by atoms with Gasteiger partial charge in [0.15, 0.2) is 0 Å². The number of carbonyl (C=O) groups is 2. The molecule has 0 aromatic carbocycles. The molecule has 0 saturated carbocycles. The highest BCUT2D eigenvalue weighted by atomic mass is 32.1. The van der Waals surface area contributed by atoms with Crippen molar-refractivity contribution in [3.05, 3.63) is 0 Å². The minimum Gasteiger partial charge on any atom is -0.351 e. The molecule has 5 heteroatoms. The summed E-state index contributed by atoms with van der Waals surface area (Å²) in [7, 11) is 0. The smallest absolute Gasteiger partial charge is 0.221 e. The fourth-order valence-corrected chi connectivity index (χ4v) is 0.790. The van der Waals surface area contributed by atoms with E-state index in [9.17, 15) is 9.59 Å². The van der Waals surface area contributed by atoms with E-state index in [0.29, 0.717) is 6.29 Å². The van der Waals surface area contributed by atoms with Gasteiger partial charge in [-0.05, 0) is 6.92 Å². The molecule has 0 aromatic rings. The highest BCUT2D eigenvalue weighted by Gasteiger charge is 2.14. The minimum atomic E-state index is -0.442. The Kier molecular flexibility index (Phi) is 5.74. The van der Waals surface area contributed by atoms with Crippen LogP contribution in [0.5, 0.6) is 0 Å². The van der Waals surface area contributed by atoms with Gasteiger partial charge in [0, 0.05) is 6.92 Å². The van der Waals surface area contributed by atoms with E-state index in [-0.39, 0.29) is 18.6 Å². The van der Waals surface area contributed by atoms with Crippen LogP contribution in [-0.2, 0) is 14.3 Å². The fraction of sp³-hybridized carbons (Fsp3) is 0.714. The van der Waals surface area contributed by atoms with Gasteiger partial charge in [0.1, 0.15) is 13.0 Å². The zero-order valence-electron chi connectivity index (χ0n) is 7.19. The van der Waals surface area contributed by atoms with Crippen LogP contribution in [0.2, 0.25) is 0 Å². The summed E-state index contributed by atoms with van der Waals surface area (Å²) < 4.78 is 4.89. The fourth-order valence-electron chi connectivity index (χ4n) is 0.708. The zero-order valence-corrected chi connectivity index (χ0v) is 8.08. The summed E-state index contributed by atoms with van der Waals surface area (Å²) in [6.45, 7) is 3.14. The first kappa shape index (κ1) is 11.4. The van der Waals surface area contributed by atoms with Gasteiger partial charge in [-0.15, -0.1) is 0 Å². The van der Waals surface area contributed by atoms with Gasteiger partial charge in [-0.2, -0.15) is 12.6 Å². The standard InChI is InChI=1S/C7H13NO3S/c1-6(3-9)8(7(2)10)4-11-5-12/h3,6,12H,4-5H2,1-2H3. The first-order chi connectivity index (χ1) is 5.63. The van der Waals surface area contributed by atoms with Crippen molar-refractivity contribution in [3.63, 3.8) is 0 Å². The number of ether oxygens (including phenoxy) is 1. The molecule has 0 aliphatic heterocycles. The van der Waals surface area contributed by atoms with E-state index in [0.717, 1.165) is 0 Å². The molecule has 0 N–H and O–H groups in total. The second kappa shape index (κ2) is 6.02. The Bertz CT molecular complexity index is 163. The van der Waals surface area contributed by atoms with Crippen LogP contribution in [0.4, 0.5) is 0 Å². The SMILES string of the molecule is CC(=O)N(COCS)C(C)C=O. The van der Waals surface area contributed by atoms with E-state index < -0.39 is 6.04 Å². The van der Waals surface area contributed by atoms with Crippen molar-refractivity contribution in [2.24, 2.45) is 0 Å². The summed E-state index contributed by atoms with van der Waals surface area (Å²) in [4.78, 5) is 22.6. The van der Waals surface area contributed by atoms with Crippen LogP contribution in [0.3, 0.4) is 0 Å². The molecule has 0 heterocycles. The summed E-state index contributed by atoms with van der Waals surface area (Å²) in [5, 5.41) is 0. The molecule has 0 saturated heterocycles. The molecular formula is C7H13NO3S. The third kappa shape index (κ3) is 3.73. The molecule has 0 rings (SSSR count). The van der Waals surface area contributed by atoms with Crippen LogP contribution >= 0.6 is 12.6 Å². The van der Waals surface area contributed by atoms with Gasteiger partial charge in [0.05, 0.1) is 12.0 Å². The number of carbonyl (C=O) groups excluding carboxylic acids is 2. The van der Waals surface area contributed by atoms with Crippen molar-refractivity contribution in [1.82, 2.24) is 4.90 Å². The van der Waals surface area contributed by atoms with Crippen molar-refractivity contribution in [2.45, 2.75) is 19.9 Å². The van der Waals surface area contributed by atoms with Crippen LogP contribution in [-0.4, -0.2) is 35.8 Å². The van der Waals surface area contributed by atoms with Crippen LogP contribution in [0.15, 0.2) is 0 Å². The van der Waals surface area contributed by atoms with Gasteiger partial charge >= 0.3 is 0 Å². The Morgan fingerprint density at radius 2 is 2.33 bits per heavy atom. The molecule has 0 bridgehead atoms. The summed E-state index contributed by atoms with van der Waals surface area (Å²) in [6, 6.07) is -0.442. The van der Waals surface area contributed by atoms with E-state index in [1.54, 1.807) is 6.92 Å². The monoisotopic (exact) mass is 191 g/mol. The molecule has 1 unspecified atom stereocenters. The quantitative estimate of drug-likeness (QED) is 0.386. The Labute approximate surface area is 77.3 Å². The third-order valence-electron chi connectivity index (χ3n) is 1.41. The normalized spacial score (nSPS) is 12.2. The maximum atomic E-state index is 10.9. The predicted octanol–water partition coefficient (Wildman–Crippen LogP) is 0.284. The average Bonchev–Trinajstić information content (AvgIpc) is 2.04. The lowest BCUT2D eigenvalue weighted by molar-refractivity contribution is -0.139. The number of aldehydes is 1.